The second kappa shape index (κ2) is 3.82. The maximum absolute atomic E-state index is 6.10. The summed E-state index contributed by atoms with van der Waals surface area (Å²) in [7, 11) is 0. The van der Waals surface area contributed by atoms with Crippen LogP contribution in [0.25, 0.3) is 21.8 Å². The SMILES string of the molecule is Cc1nc2c(N)nc3c(C)cccc3c2c(C)c1N. The number of benzene rings is 1. The lowest BCUT2D eigenvalue weighted by Crippen LogP contribution is -2.03. The highest BCUT2D eigenvalue weighted by atomic mass is 14.9. The molecule has 0 saturated carbocycles. The minimum absolute atomic E-state index is 0.461. The Kier molecular flexibility index (Phi) is 2.35. The highest BCUT2D eigenvalue weighted by Gasteiger charge is 2.14. The zero-order valence-electron chi connectivity index (χ0n) is 11.3. The molecular weight excluding hydrogens is 236 g/mol. The van der Waals surface area contributed by atoms with E-state index in [0.717, 1.165) is 44.3 Å². The summed E-state index contributed by atoms with van der Waals surface area (Å²) in [6.07, 6.45) is 0. The second-order valence-corrected chi connectivity index (χ2v) is 4.93. The number of nitrogen functional groups attached to an aromatic ring is 2. The number of aromatic nitrogens is 2. The summed E-state index contributed by atoms with van der Waals surface area (Å²) in [4.78, 5) is 8.99. The highest BCUT2D eigenvalue weighted by molar-refractivity contribution is 6.11. The molecule has 96 valence electrons. The summed E-state index contributed by atoms with van der Waals surface area (Å²) in [6, 6.07) is 6.09. The van der Waals surface area contributed by atoms with Crippen molar-refractivity contribution >= 4 is 33.3 Å². The van der Waals surface area contributed by atoms with Crippen LogP contribution in [0.1, 0.15) is 16.8 Å². The lowest BCUT2D eigenvalue weighted by atomic mass is 10.0. The molecule has 0 aliphatic heterocycles. The van der Waals surface area contributed by atoms with Gasteiger partial charge in [0.1, 0.15) is 5.52 Å². The fraction of sp³-hybridized carbons (Fsp3) is 0.200. The zero-order valence-corrected chi connectivity index (χ0v) is 11.3. The average molecular weight is 252 g/mol. The molecule has 0 unspecified atom stereocenters. The van der Waals surface area contributed by atoms with Crippen LogP contribution in [0.2, 0.25) is 0 Å². The summed E-state index contributed by atoms with van der Waals surface area (Å²) in [5.41, 5.74) is 17.5. The van der Waals surface area contributed by atoms with Crippen LogP contribution in [0, 0.1) is 20.8 Å². The van der Waals surface area contributed by atoms with Crippen LogP contribution in [0.15, 0.2) is 18.2 Å². The number of rotatable bonds is 0. The van der Waals surface area contributed by atoms with Crippen molar-refractivity contribution in [2.45, 2.75) is 20.8 Å². The molecular formula is C15H16N4. The molecule has 19 heavy (non-hydrogen) atoms. The van der Waals surface area contributed by atoms with E-state index in [1.165, 1.54) is 0 Å². The van der Waals surface area contributed by atoms with Gasteiger partial charge >= 0.3 is 0 Å². The van der Waals surface area contributed by atoms with Crippen LogP contribution in [0.4, 0.5) is 11.5 Å². The van der Waals surface area contributed by atoms with E-state index in [-0.39, 0.29) is 0 Å². The van der Waals surface area contributed by atoms with Gasteiger partial charge in [0.2, 0.25) is 0 Å². The molecule has 2 heterocycles. The molecule has 0 aliphatic rings. The molecule has 1 aromatic carbocycles. The molecule has 4 N–H and O–H groups in total. The average Bonchev–Trinajstić information content (AvgIpc) is 2.38. The van der Waals surface area contributed by atoms with Gasteiger partial charge in [-0.2, -0.15) is 0 Å². The molecule has 0 saturated heterocycles. The zero-order chi connectivity index (χ0) is 13.7. The Balaban J connectivity index is 2.68. The third-order valence-electron chi connectivity index (χ3n) is 3.67. The molecule has 0 amide bonds. The van der Waals surface area contributed by atoms with E-state index < -0.39 is 0 Å². The Labute approximate surface area is 111 Å². The molecule has 0 aliphatic carbocycles. The van der Waals surface area contributed by atoms with Crippen LogP contribution in [-0.4, -0.2) is 9.97 Å². The van der Waals surface area contributed by atoms with Crippen molar-refractivity contribution in [3.63, 3.8) is 0 Å². The van der Waals surface area contributed by atoms with Crippen LogP contribution < -0.4 is 11.5 Å². The third-order valence-corrected chi connectivity index (χ3v) is 3.67. The molecule has 0 radical (unpaired) electrons. The van der Waals surface area contributed by atoms with Crippen molar-refractivity contribution in [1.29, 1.82) is 0 Å². The fourth-order valence-electron chi connectivity index (χ4n) is 2.56. The summed E-state index contributed by atoms with van der Waals surface area (Å²) in [5, 5.41) is 2.07. The Morgan fingerprint density at radius 2 is 1.68 bits per heavy atom. The number of pyridine rings is 2. The van der Waals surface area contributed by atoms with Crippen LogP contribution in [-0.2, 0) is 0 Å². The minimum atomic E-state index is 0.461. The van der Waals surface area contributed by atoms with Crippen molar-refractivity contribution in [3.05, 3.63) is 35.0 Å². The van der Waals surface area contributed by atoms with Gasteiger partial charge in [-0.05, 0) is 31.9 Å². The first-order valence-electron chi connectivity index (χ1n) is 6.22. The highest BCUT2D eigenvalue weighted by Crippen LogP contribution is 2.33. The molecule has 4 nitrogen and oxygen atoms in total. The van der Waals surface area contributed by atoms with E-state index in [4.69, 9.17) is 11.5 Å². The number of para-hydroxylation sites is 1. The van der Waals surface area contributed by atoms with Crippen molar-refractivity contribution in [2.24, 2.45) is 0 Å². The van der Waals surface area contributed by atoms with Crippen LogP contribution in [0.3, 0.4) is 0 Å². The summed E-state index contributed by atoms with van der Waals surface area (Å²) >= 11 is 0. The first-order valence-corrected chi connectivity index (χ1v) is 6.22. The number of fused-ring (bicyclic) bond motifs is 3. The molecule has 3 rings (SSSR count). The van der Waals surface area contributed by atoms with Crippen molar-refractivity contribution in [2.75, 3.05) is 11.5 Å². The van der Waals surface area contributed by atoms with E-state index >= 15 is 0 Å². The number of hydrogen-bond donors (Lipinski definition) is 2. The van der Waals surface area contributed by atoms with Crippen molar-refractivity contribution in [1.82, 2.24) is 9.97 Å². The monoisotopic (exact) mass is 252 g/mol. The molecule has 0 bridgehead atoms. The standard InChI is InChI=1S/C15H16N4/c1-7-5-4-6-10-11-8(2)12(16)9(3)18-14(11)15(17)19-13(7)10/h4-6H,16H2,1-3H3,(H2,17,19). The molecule has 3 aromatic rings. The van der Waals surface area contributed by atoms with E-state index in [2.05, 4.69) is 9.97 Å². The second-order valence-electron chi connectivity index (χ2n) is 4.93. The van der Waals surface area contributed by atoms with E-state index in [9.17, 15) is 0 Å². The van der Waals surface area contributed by atoms with Crippen molar-refractivity contribution < 1.29 is 0 Å². The fourth-order valence-corrected chi connectivity index (χ4v) is 2.56. The maximum Gasteiger partial charge on any atom is 0.150 e. The van der Waals surface area contributed by atoms with Gasteiger partial charge in [0.05, 0.1) is 16.9 Å². The molecule has 0 fully saturated rings. The van der Waals surface area contributed by atoms with E-state index in [1.807, 2.05) is 39.0 Å². The summed E-state index contributed by atoms with van der Waals surface area (Å²) < 4.78 is 0. The first-order chi connectivity index (χ1) is 9.00. The Morgan fingerprint density at radius 3 is 2.42 bits per heavy atom. The van der Waals surface area contributed by atoms with Gasteiger partial charge in [-0.15, -0.1) is 0 Å². The largest absolute Gasteiger partial charge is 0.397 e. The van der Waals surface area contributed by atoms with E-state index in [1.54, 1.807) is 0 Å². The Hall–Kier alpha value is -2.36. The third kappa shape index (κ3) is 1.53. The smallest absolute Gasteiger partial charge is 0.150 e. The quantitative estimate of drug-likeness (QED) is 0.603. The Bertz CT molecular complexity index is 822. The van der Waals surface area contributed by atoms with Gasteiger partial charge in [0.15, 0.2) is 5.82 Å². The number of anilines is 2. The predicted octanol–water partition coefficient (Wildman–Crippen LogP) is 2.87. The predicted molar refractivity (Wildman–Crippen MR) is 80.1 cm³/mol. The van der Waals surface area contributed by atoms with Gasteiger partial charge in [0.25, 0.3) is 0 Å². The Morgan fingerprint density at radius 1 is 0.947 bits per heavy atom. The maximum atomic E-state index is 6.10. The molecule has 2 aromatic heterocycles. The normalized spacial score (nSPS) is 11.3. The van der Waals surface area contributed by atoms with Gasteiger partial charge in [-0.25, -0.2) is 9.97 Å². The van der Waals surface area contributed by atoms with Crippen LogP contribution >= 0.6 is 0 Å². The molecule has 4 heteroatoms. The molecule has 0 spiro atoms. The minimum Gasteiger partial charge on any atom is -0.397 e. The van der Waals surface area contributed by atoms with Gasteiger partial charge in [-0.3, -0.25) is 0 Å². The number of nitrogens with two attached hydrogens (primary N) is 2. The molecule has 0 atom stereocenters. The summed E-state index contributed by atoms with van der Waals surface area (Å²) in [5.74, 6) is 0.461. The van der Waals surface area contributed by atoms with Crippen molar-refractivity contribution in [3.8, 4) is 0 Å². The number of hydrogen-bond acceptors (Lipinski definition) is 4. The summed E-state index contributed by atoms with van der Waals surface area (Å²) in [6.45, 7) is 5.93. The number of aryl methyl sites for hydroxylation is 3. The number of nitrogens with zero attached hydrogens (tertiary/aromatic N) is 2. The lowest BCUT2D eigenvalue weighted by Gasteiger charge is -2.13. The first kappa shape index (κ1) is 11.7. The van der Waals surface area contributed by atoms with Crippen LogP contribution in [0.5, 0.6) is 0 Å². The van der Waals surface area contributed by atoms with Gasteiger partial charge in [-0.1, -0.05) is 18.2 Å². The topological polar surface area (TPSA) is 77.8 Å². The lowest BCUT2D eigenvalue weighted by molar-refractivity contribution is 1.23. The van der Waals surface area contributed by atoms with Gasteiger partial charge in [0, 0.05) is 10.8 Å². The van der Waals surface area contributed by atoms with Gasteiger partial charge < -0.3 is 11.5 Å². The van der Waals surface area contributed by atoms with E-state index in [0.29, 0.717) is 5.82 Å².